The van der Waals surface area contributed by atoms with Crippen LogP contribution in [0.4, 0.5) is 0 Å². The van der Waals surface area contributed by atoms with Crippen LogP contribution in [0.25, 0.3) is 17.0 Å². The third-order valence-electron chi connectivity index (χ3n) is 3.58. The van der Waals surface area contributed by atoms with Crippen molar-refractivity contribution in [3.05, 3.63) is 65.0 Å². The molecule has 0 radical (unpaired) electrons. The molecule has 0 spiro atoms. The Morgan fingerprint density at radius 2 is 2.15 bits per heavy atom. The second kappa shape index (κ2) is 6.96. The fourth-order valence-electron chi connectivity index (χ4n) is 2.33. The fraction of sp³-hybridized carbons (Fsp3) is 0.118. The molecule has 0 unspecified atom stereocenters. The zero-order valence-electron chi connectivity index (χ0n) is 13.7. The second-order valence-electron chi connectivity index (χ2n) is 5.28. The standard InChI is InChI=1S/C17H15N3O5S/c1-2-25-16(21)6-3-12-7-8-20(10-12)26(23,24)13-4-5-15-14(9-13)17(22)19-11-18-15/h3-11H,2H2,1H3,(H,18,19,22). The van der Waals surface area contributed by atoms with Gasteiger partial charge in [0.05, 0.1) is 28.7 Å². The van der Waals surface area contributed by atoms with E-state index in [1.807, 2.05) is 0 Å². The molecule has 2 heterocycles. The van der Waals surface area contributed by atoms with E-state index < -0.39 is 21.6 Å². The fourth-order valence-corrected chi connectivity index (χ4v) is 3.56. The van der Waals surface area contributed by atoms with Crippen LogP contribution in [0, 0.1) is 0 Å². The summed E-state index contributed by atoms with van der Waals surface area (Å²) in [6.45, 7) is 1.95. The molecule has 26 heavy (non-hydrogen) atoms. The Morgan fingerprint density at radius 3 is 2.92 bits per heavy atom. The van der Waals surface area contributed by atoms with Crippen molar-refractivity contribution in [1.29, 1.82) is 0 Å². The Hall–Kier alpha value is -3.20. The Kier molecular flexibility index (Phi) is 4.72. The van der Waals surface area contributed by atoms with Crippen molar-refractivity contribution in [1.82, 2.24) is 13.9 Å². The predicted octanol–water partition coefficient (Wildman–Crippen LogP) is 1.54. The van der Waals surface area contributed by atoms with Gasteiger partial charge in [-0.15, -0.1) is 0 Å². The van der Waals surface area contributed by atoms with Gasteiger partial charge in [0, 0.05) is 18.5 Å². The Labute approximate surface area is 148 Å². The average molecular weight is 373 g/mol. The number of ether oxygens (including phenoxy) is 1. The van der Waals surface area contributed by atoms with Crippen molar-refractivity contribution in [3.63, 3.8) is 0 Å². The van der Waals surface area contributed by atoms with E-state index in [0.29, 0.717) is 11.1 Å². The van der Waals surface area contributed by atoms with Crippen LogP contribution in [-0.2, 0) is 19.6 Å². The van der Waals surface area contributed by atoms with E-state index in [-0.39, 0.29) is 16.9 Å². The first-order valence-corrected chi connectivity index (χ1v) is 9.11. The number of nitrogens with zero attached hydrogens (tertiary/aromatic N) is 2. The van der Waals surface area contributed by atoms with Crippen LogP contribution >= 0.6 is 0 Å². The normalized spacial score (nSPS) is 11.9. The van der Waals surface area contributed by atoms with E-state index in [9.17, 15) is 18.0 Å². The second-order valence-corrected chi connectivity index (χ2v) is 7.12. The van der Waals surface area contributed by atoms with Crippen molar-refractivity contribution in [2.75, 3.05) is 6.61 Å². The third kappa shape index (κ3) is 3.42. The molecule has 1 aromatic carbocycles. The van der Waals surface area contributed by atoms with E-state index >= 15 is 0 Å². The van der Waals surface area contributed by atoms with Gasteiger partial charge in [0.25, 0.3) is 15.6 Å². The molecule has 0 atom stereocenters. The minimum atomic E-state index is -3.89. The van der Waals surface area contributed by atoms with Crippen LogP contribution < -0.4 is 5.56 Å². The molecule has 0 aliphatic carbocycles. The van der Waals surface area contributed by atoms with Gasteiger partial charge in [-0.05, 0) is 42.8 Å². The Bertz CT molecular complexity index is 1160. The predicted molar refractivity (Wildman–Crippen MR) is 95.0 cm³/mol. The van der Waals surface area contributed by atoms with Crippen LogP contribution in [0.3, 0.4) is 0 Å². The van der Waals surface area contributed by atoms with Crippen molar-refractivity contribution in [2.45, 2.75) is 11.8 Å². The Morgan fingerprint density at radius 1 is 1.35 bits per heavy atom. The number of carbonyl (C=O) groups excluding carboxylic acids is 1. The summed E-state index contributed by atoms with van der Waals surface area (Å²) in [5.41, 5.74) is 0.498. The molecule has 134 valence electrons. The summed E-state index contributed by atoms with van der Waals surface area (Å²) >= 11 is 0. The van der Waals surface area contributed by atoms with Crippen molar-refractivity contribution >= 4 is 33.0 Å². The van der Waals surface area contributed by atoms with Gasteiger partial charge in [0.15, 0.2) is 0 Å². The van der Waals surface area contributed by atoms with E-state index in [1.54, 1.807) is 13.0 Å². The van der Waals surface area contributed by atoms with E-state index in [2.05, 4.69) is 9.97 Å². The van der Waals surface area contributed by atoms with Gasteiger partial charge in [0.1, 0.15) is 0 Å². The molecule has 8 nitrogen and oxygen atoms in total. The summed E-state index contributed by atoms with van der Waals surface area (Å²) in [5, 5.41) is 0.183. The highest BCUT2D eigenvalue weighted by atomic mass is 32.2. The molecule has 9 heteroatoms. The smallest absolute Gasteiger partial charge is 0.330 e. The van der Waals surface area contributed by atoms with Crippen molar-refractivity contribution in [2.24, 2.45) is 0 Å². The first kappa shape index (κ1) is 17.6. The van der Waals surface area contributed by atoms with Gasteiger partial charge in [-0.3, -0.25) is 4.79 Å². The SMILES string of the molecule is CCOC(=O)C=Cc1ccn(S(=O)(=O)c2ccc3nc[nH]c(=O)c3c2)c1. The zero-order chi connectivity index (χ0) is 18.7. The summed E-state index contributed by atoms with van der Waals surface area (Å²) in [5.74, 6) is -0.510. The number of H-pyrrole nitrogens is 1. The number of hydrogen-bond acceptors (Lipinski definition) is 6. The van der Waals surface area contributed by atoms with Crippen molar-refractivity contribution < 1.29 is 17.9 Å². The minimum absolute atomic E-state index is 0.0416. The molecule has 0 saturated carbocycles. The number of fused-ring (bicyclic) bond motifs is 1. The molecule has 0 bridgehead atoms. The maximum Gasteiger partial charge on any atom is 0.330 e. The highest BCUT2D eigenvalue weighted by molar-refractivity contribution is 7.90. The van der Waals surface area contributed by atoms with Crippen LogP contribution in [0.1, 0.15) is 12.5 Å². The van der Waals surface area contributed by atoms with Gasteiger partial charge in [-0.25, -0.2) is 22.2 Å². The number of esters is 1. The average Bonchev–Trinajstić information content (AvgIpc) is 3.10. The number of aromatic nitrogens is 3. The maximum atomic E-state index is 12.8. The lowest BCUT2D eigenvalue weighted by Crippen LogP contribution is -2.12. The monoisotopic (exact) mass is 373 g/mol. The number of nitrogens with one attached hydrogen (secondary N) is 1. The molecular formula is C17H15N3O5S. The van der Waals surface area contributed by atoms with Gasteiger partial charge in [-0.1, -0.05) is 0 Å². The molecule has 0 fully saturated rings. The number of benzene rings is 1. The van der Waals surface area contributed by atoms with Crippen molar-refractivity contribution in [3.8, 4) is 0 Å². The lowest BCUT2D eigenvalue weighted by Gasteiger charge is -2.06. The van der Waals surface area contributed by atoms with Gasteiger partial charge < -0.3 is 9.72 Å². The molecule has 3 aromatic rings. The number of aromatic amines is 1. The minimum Gasteiger partial charge on any atom is -0.463 e. The zero-order valence-corrected chi connectivity index (χ0v) is 14.6. The van der Waals surface area contributed by atoms with Gasteiger partial charge in [-0.2, -0.15) is 0 Å². The summed E-state index contributed by atoms with van der Waals surface area (Å²) < 4.78 is 31.3. The first-order chi connectivity index (χ1) is 12.4. The lowest BCUT2D eigenvalue weighted by atomic mass is 10.2. The molecule has 0 amide bonds. The highest BCUT2D eigenvalue weighted by Gasteiger charge is 2.17. The van der Waals surface area contributed by atoms with E-state index in [0.717, 1.165) is 3.97 Å². The Balaban J connectivity index is 1.95. The van der Waals surface area contributed by atoms with E-state index in [1.165, 1.54) is 49.1 Å². The quantitative estimate of drug-likeness (QED) is 0.536. The summed E-state index contributed by atoms with van der Waals surface area (Å²) in [6, 6.07) is 5.69. The molecule has 3 rings (SSSR count). The van der Waals surface area contributed by atoms with Crippen LogP contribution in [-0.4, -0.2) is 34.9 Å². The number of carbonyl (C=O) groups is 1. The molecule has 1 N–H and O–H groups in total. The van der Waals surface area contributed by atoms with Crippen LogP contribution in [0.15, 0.2) is 58.8 Å². The maximum absolute atomic E-state index is 12.8. The lowest BCUT2D eigenvalue weighted by molar-refractivity contribution is -0.137. The highest BCUT2D eigenvalue weighted by Crippen LogP contribution is 2.19. The van der Waals surface area contributed by atoms with Crippen LogP contribution in [0.5, 0.6) is 0 Å². The molecule has 0 aliphatic rings. The third-order valence-corrected chi connectivity index (χ3v) is 5.21. The number of rotatable bonds is 5. The summed E-state index contributed by atoms with van der Waals surface area (Å²) in [6.07, 6.45) is 6.66. The first-order valence-electron chi connectivity index (χ1n) is 7.67. The molecular weight excluding hydrogens is 358 g/mol. The molecule has 0 aliphatic heterocycles. The van der Waals surface area contributed by atoms with E-state index in [4.69, 9.17) is 4.74 Å². The largest absolute Gasteiger partial charge is 0.463 e. The topological polar surface area (TPSA) is 111 Å². The van der Waals surface area contributed by atoms with Crippen LogP contribution in [0.2, 0.25) is 0 Å². The molecule has 2 aromatic heterocycles. The van der Waals surface area contributed by atoms with Gasteiger partial charge in [0.2, 0.25) is 0 Å². The van der Waals surface area contributed by atoms with Gasteiger partial charge >= 0.3 is 5.97 Å². The number of hydrogen-bond donors (Lipinski definition) is 1. The summed E-state index contributed by atoms with van der Waals surface area (Å²) in [4.78, 5) is 29.5. The molecule has 0 saturated heterocycles. The summed E-state index contributed by atoms with van der Waals surface area (Å²) in [7, 11) is -3.89.